The van der Waals surface area contributed by atoms with E-state index in [1.54, 1.807) is 6.92 Å². The average Bonchev–Trinajstić information content (AvgIpc) is 2.17. The molecule has 0 heterocycles. The highest BCUT2D eigenvalue weighted by Gasteiger charge is 2.22. The summed E-state index contributed by atoms with van der Waals surface area (Å²) in [5, 5.41) is 8.78. The smallest absolute Gasteiger partial charge is 0.101 e. The van der Waals surface area contributed by atoms with Crippen LogP contribution in [0.2, 0.25) is 0 Å². The summed E-state index contributed by atoms with van der Waals surface area (Å²) in [5.74, 6) is 0. The Hall–Kier alpha value is -0.590. The Morgan fingerprint density at radius 3 is 2.27 bits per heavy atom. The van der Waals surface area contributed by atoms with Crippen molar-refractivity contribution in [3.63, 3.8) is 0 Å². The molecule has 0 amide bonds. The van der Waals surface area contributed by atoms with E-state index in [0.717, 1.165) is 25.8 Å². The van der Waals surface area contributed by atoms with Crippen LogP contribution >= 0.6 is 0 Å². The predicted molar refractivity (Wildman–Crippen MR) is 64.4 cm³/mol. The van der Waals surface area contributed by atoms with Crippen molar-refractivity contribution in [3.05, 3.63) is 0 Å². The molecule has 0 radical (unpaired) electrons. The van der Waals surface area contributed by atoms with Crippen LogP contribution in [0, 0.1) is 11.3 Å². The standard InChI is InChI=1S/C12H25N3/c1-6-11(2,3)15(5)9-7-8-12(4,14)10-13/h6-9,14H2,1-5H3. The zero-order valence-electron chi connectivity index (χ0n) is 10.8. The van der Waals surface area contributed by atoms with Gasteiger partial charge in [0.15, 0.2) is 0 Å². The molecule has 0 spiro atoms. The van der Waals surface area contributed by atoms with Crippen LogP contribution in [-0.4, -0.2) is 29.6 Å². The number of hydrogen-bond acceptors (Lipinski definition) is 3. The van der Waals surface area contributed by atoms with Crippen molar-refractivity contribution >= 4 is 0 Å². The van der Waals surface area contributed by atoms with Gasteiger partial charge >= 0.3 is 0 Å². The van der Waals surface area contributed by atoms with Gasteiger partial charge in [-0.1, -0.05) is 6.92 Å². The predicted octanol–water partition coefficient (Wildman–Crippen LogP) is 2.13. The zero-order chi connectivity index (χ0) is 12.1. The van der Waals surface area contributed by atoms with Gasteiger partial charge in [0, 0.05) is 5.54 Å². The molecule has 0 aromatic heterocycles. The van der Waals surface area contributed by atoms with E-state index in [1.807, 2.05) is 0 Å². The first-order valence-corrected chi connectivity index (χ1v) is 5.66. The maximum atomic E-state index is 8.78. The molecule has 0 aliphatic carbocycles. The van der Waals surface area contributed by atoms with Crippen molar-refractivity contribution < 1.29 is 0 Å². The summed E-state index contributed by atoms with van der Waals surface area (Å²) in [6, 6.07) is 2.13. The highest BCUT2D eigenvalue weighted by molar-refractivity contribution is 5.00. The maximum Gasteiger partial charge on any atom is 0.101 e. The molecule has 0 fully saturated rings. The Labute approximate surface area is 94.2 Å². The Bertz CT molecular complexity index is 226. The third kappa shape index (κ3) is 5.15. The fraction of sp³-hybridized carbons (Fsp3) is 0.917. The number of nitrogens with two attached hydrogens (primary N) is 1. The molecule has 0 saturated heterocycles. The molecular weight excluding hydrogens is 186 g/mol. The van der Waals surface area contributed by atoms with Gasteiger partial charge in [-0.15, -0.1) is 0 Å². The highest BCUT2D eigenvalue weighted by Crippen LogP contribution is 2.17. The first-order chi connectivity index (χ1) is 6.75. The number of nitrogens with zero attached hydrogens (tertiary/aromatic N) is 2. The van der Waals surface area contributed by atoms with Crippen LogP contribution in [0.3, 0.4) is 0 Å². The lowest BCUT2D eigenvalue weighted by Crippen LogP contribution is -2.42. The third-order valence-corrected chi connectivity index (χ3v) is 3.34. The molecule has 1 unspecified atom stereocenters. The van der Waals surface area contributed by atoms with Crippen LogP contribution in [0.1, 0.15) is 47.0 Å². The summed E-state index contributed by atoms with van der Waals surface area (Å²) in [4.78, 5) is 2.33. The topological polar surface area (TPSA) is 53.0 Å². The van der Waals surface area contributed by atoms with Crippen molar-refractivity contribution in [1.29, 1.82) is 5.26 Å². The number of rotatable bonds is 6. The summed E-state index contributed by atoms with van der Waals surface area (Å²) in [5.41, 5.74) is 5.33. The molecule has 15 heavy (non-hydrogen) atoms. The second-order valence-corrected chi connectivity index (χ2v) is 5.22. The molecule has 0 aromatic rings. The molecule has 3 heteroatoms. The lowest BCUT2D eigenvalue weighted by molar-refractivity contribution is 0.146. The molecule has 2 N–H and O–H groups in total. The van der Waals surface area contributed by atoms with Gasteiger partial charge in [0.25, 0.3) is 0 Å². The van der Waals surface area contributed by atoms with Crippen molar-refractivity contribution in [2.45, 2.75) is 58.0 Å². The third-order valence-electron chi connectivity index (χ3n) is 3.34. The van der Waals surface area contributed by atoms with Gasteiger partial charge in [0.1, 0.15) is 5.54 Å². The Morgan fingerprint density at radius 2 is 1.87 bits per heavy atom. The van der Waals surface area contributed by atoms with E-state index in [1.165, 1.54) is 0 Å². The Balaban J connectivity index is 3.94. The van der Waals surface area contributed by atoms with Crippen LogP contribution in [0.15, 0.2) is 0 Å². The minimum absolute atomic E-state index is 0.234. The quantitative estimate of drug-likeness (QED) is 0.732. The lowest BCUT2D eigenvalue weighted by atomic mass is 9.96. The molecule has 0 aromatic carbocycles. The average molecular weight is 211 g/mol. The van der Waals surface area contributed by atoms with Crippen LogP contribution in [-0.2, 0) is 0 Å². The van der Waals surface area contributed by atoms with Crippen molar-refractivity contribution in [1.82, 2.24) is 4.90 Å². The van der Waals surface area contributed by atoms with Crippen LogP contribution in [0.4, 0.5) is 0 Å². The molecule has 88 valence electrons. The summed E-state index contributed by atoms with van der Waals surface area (Å²) in [6.45, 7) is 9.45. The molecule has 0 aliphatic rings. The van der Waals surface area contributed by atoms with Crippen molar-refractivity contribution in [3.8, 4) is 6.07 Å². The van der Waals surface area contributed by atoms with E-state index < -0.39 is 5.54 Å². The Kier molecular flexibility index (Phi) is 5.27. The second kappa shape index (κ2) is 5.48. The van der Waals surface area contributed by atoms with Gasteiger partial charge in [-0.25, -0.2) is 0 Å². The highest BCUT2D eigenvalue weighted by atomic mass is 15.2. The maximum absolute atomic E-state index is 8.78. The number of hydrogen-bond donors (Lipinski definition) is 1. The van der Waals surface area contributed by atoms with Gasteiger partial charge in [-0.05, 0) is 53.6 Å². The summed E-state index contributed by atoms with van der Waals surface area (Å²) < 4.78 is 0. The van der Waals surface area contributed by atoms with E-state index in [-0.39, 0.29) is 5.54 Å². The van der Waals surface area contributed by atoms with E-state index in [0.29, 0.717) is 0 Å². The second-order valence-electron chi connectivity index (χ2n) is 5.22. The van der Waals surface area contributed by atoms with Gasteiger partial charge in [-0.3, -0.25) is 0 Å². The van der Waals surface area contributed by atoms with Crippen molar-refractivity contribution in [2.75, 3.05) is 13.6 Å². The molecule has 0 bridgehead atoms. The molecular formula is C12H25N3. The van der Waals surface area contributed by atoms with Gasteiger partial charge in [0.2, 0.25) is 0 Å². The van der Waals surface area contributed by atoms with Crippen LogP contribution in [0.5, 0.6) is 0 Å². The minimum Gasteiger partial charge on any atom is -0.314 e. The fourth-order valence-electron chi connectivity index (χ4n) is 1.31. The largest absolute Gasteiger partial charge is 0.314 e. The molecule has 0 aliphatic heterocycles. The van der Waals surface area contributed by atoms with E-state index in [9.17, 15) is 0 Å². The molecule has 0 saturated carbocycles. The summed E-state index contributed by atoms with van der Waals surface area (Å²) in [7, 11) is 2.13. The lowest BCUT2D eigenvalue weighted by Gasteiger charge is -2.35. The normalized spacial score (nSPS) is 16.1. The van der Waals surface area contributed by atoms with Crippen molar-refractivity contribution in [2.24, 2.45) is 5.73 Å². The van der Waals surface area contributed by atoms with Gasteiger partial charge in [0.05, 0.1) is 6.07 Å². The molecule has 0 rings (SSSR count). The Morgan fingerprint density at radius 1 is 1.33 bits per heavy atom. The van der Waals surface area contributed by atoms with E-state index in [2.05, 4.69) is 38.8 Å². The van der Waals surface area contributed by atoms with E-state index >= 15 is 0 Å². The number of nitriles is 1. The van der Waals surface area contributed by atoms with Crippen LogP contribution in [0.25, 0.3) is 0 Å². The monoisotopic (exact) mass is 211 g/mol. The zero-order valence-corrected chi connectivity index (χ0v) is 10.8. The van der Waals surface area contributed by atoms with Crippen LogP contribution < -0.4 is 5.73 Å². The molecule has 3 nitrogen and oxygen atoms in total. The first-order valence-electron chi connectivity index (χ1n) is 5.66. The fourth-order valence-corrected chi connectivity index (χ4v) is 1.31. The molecule has 1 atom stereocenters. The van der Waals surface area contributed by atoms with Gasteiger partial charge in [-0.2, -0.15) is 5.26 Å². The SMILES string of the molecule is CCC(C)(C)N(C)CCCC(C)(N)C#N. The summed E-state index contributed by atoms with van der Waals surface area (Å²) >= 11 is 0. The first kappa shape index (κ1) is 14.4. The minimum atomic E-state index is -0.669. The summed E-state index contributed by atoms with van der Waals surface area (Å²) in [6.07, 6.45) is 2.86. The van der Waals surface area contributed by atoms with Gasteiger partial charge < -0.3 is 10.6 Å². The van der Waals surface area contributed by atoms with E-state index in [4.69, 9.17) is 11.0 Å².